The van der Waals surface area contributed by atoms with E-state index in [0.29, 0.717) is 11.2 Å². The minimum absolute atomic E-state index is 0.114. The third-order valence-corrected chi connectivity index (χ3v) is 5.39. The van der Waals surface area contributed by atoms with E-state index >= 15 is 0 Å². The maximum absolute atomic E-state index is 9.48. The molecule has 2 aromatic rings. The van der Waals surface area contributed by atoms with Gasteiger partial charge in [-0.2, -0.15) is 0 Å². The molecule has 0 saturated heterocycles. The molecule has 0 amide bonds. The summed E-state index contributed by atoms with van der Waals surface area (Å²) in [5.41, 5.74) is 2.71. The lowest BCUT2D eigenvalue weighted by atomic mass is 9.78. The lowest BCUT2D eigenvalue weighted by Gasteiger charge is -2.26. The van der Waals surface area contributed by atoms with Gasteiger partial charge in [-0.25, -0.2) is 0 Å². The van der Waals surface area contributed by atoms with Gasteiger partial charge < -0.3 is 9.84 Å². The van der Waals surface area contributed by atoms with Crippen molar-refractivity contribution >= 4 is 0 Å². The van der Waals surface area contributed by atoms with Crippen LogP contribution in [0, 0.1) is 5.41 Å². The van der Waals surface area contributed by atoms with Gasteiger partial charge in [0.05, 0.1) is 6.61 Å². The second kappa shape index (κ2) is 7.95. The third-order valence-electron chi connectivity index (χ3n) is 5.39. The Morgan fingerprint density at radius 2 is 1.36 bits per heavy atom. The number of ether oxygens (including phenoxy) is 1. The lowest BCUT2D eigenvalue weighted by Crippen LogP contribution is -2.18. The number of rotatable bonds is 8. The summed E-state index contributed by atoms with van der Waals surface area (Å²) in [6, 6.07) is 15.8. The zero-order chi connectivity index (χ0) is 18.5. The maximum Gasteiger partial charge on any atom is 0.119 e. The van der Waals surface area contributed by atoms with Crippen LogP contribution in [0.25, 0.3) is 0 Å². The topological polar surface area (TPSA) is 29.5 Å². The summed E-state index contributed by atoms with van der Waals surface area (Å²) in [6.45, 7) is 12.0. The van der Waals surface area contributed by atoms with Gasteiger partial charge in [0.25, 0.3) is 0 Å². The number of aromatic hydroxyl groups is 1. The van der Waals surface area contributed by atoms with Crippen molar-refractivity contribution in [1.82, 2.24) is 0 Å². The molecule has 0 radical (unpaired) electrons. The van der Waals surface area contributed by atoms with Crippen molar-refractivity contribution in [3.63, 3.8) is 0 Å². The van der Waals surface area contributed by atoms with E-state index in [1.165, 1.54) is 24.0 Å². The molecule has 25 heavy (non-hydrogen) atoms. The van der Waals surface area contributed by atoms with Gasteiger partial charge in [-0.3, -0.25) is 0 Å². The minimum atomic E-state index is -0.114. The van der Waals surface area contributed by atoms with Crippen LogP contribution in [0.2, 0.25) is 0 Å². The summed E-state index contributed by atoms with van der Waals surface area (Å²) < 4.78 is 5.90. The molecule has 2 nitrogen and oxygen atoms in total. The van der Waals surface area contributed by atoms with E-state index in [1.54, 1.807) is 12.1 Å². The van der Waals surface area contributed by atoms with Crippen molar-refractivity contribution in [2.75, 3.05) is 6.61 Å². The van der Waals surface area contributed by atoms with E-state index in [9.17, 15) is 5.11 Å². The first kappa shape index (κ1) is 19.4. The predicted molar refractivity (Wildman–Crippen MR) is 105 cm³/mol. The van der Waals surface area contributed by atoms with Gasteiger partial charge in [0.15, 0.2) is 0 Å². The van der Waals surface area contributed by atoms with Crippen LogP contribution in [0.5, 0.6) is 11.5 Å². The van der Waals surface area contributed by atoms with Gasteiger partial charge >= 0.3 is 0 Å². The van der Waals surface area contributed by atoms with E-state index in [4.69, 9.17) is 4.74 Å². The van der Waals surface area contributed by atoms with E-state index in [2.05, 4.69) is 58.9 Å². The predicted octanol–water partition coefficient (Wildman–Crippen LogP) is 6.31. The molecule has 0 aromatic heterocycles. The Bertz CT molecular complexity index is 651. The van der Waals surface area contributed by atoms with Crippen molar-refractivity contribution in [3.05, 3.63) is 59.7 Å². The minimum Gasteiger partial charge on any atom is -0.508 e. The highest BCUT2D eigenvalue weighted by Crippen LogP contribution is 2.33. The molecule has 2 heteroatoms. The van der Waals surface area contributed by atoms with Gasteiger partial charge in [-0.15, -0.1) is 0 Å². The summed E-state index contributed by atoms with van der Waals surface area (Å²) in [5, 5.41) is 9.48. The van der Waals surface area contributed by atoms with Crippen LogP contribution in [-0.4, -0.2) is 11.7 Å². The fraction of sp³-hybridized carbons (Fsp3) is 0.478. The van der Waals surface area contributed by atoms with Crippen LogP contribution in [0.3, 0.4) is 0 Å². The fourth-order valence-electron chi connectivity index (χ4n) is 2.93. The van der Waals surface area contributed by atoms with Gasteiger partial charge in [0, 0.05) is 5.41 Å². The number of phenolic OH excluding ortho intramolecular Hbond substituents is 1. The van der Waals surface area contributed by atoms with Gasteiger partial charge in [-0.05, 0) is 53.6 Å². The molecule has 2 rings (SSSR count). The first-order valence-corrected chi connectivity index (χ1v) is 9.27. The number of hydrogen-bond acceptors (Lipinski definition) is 2. The molecule has 136 valence electrons. The molecule has 0 aliphatic carbocycles. The SMILES string of the molecule is CCC(C)(C)CCCOc1ccc(C(C)(C)c2ccc(O)cc2)cc1. The molecule has 0 bridgehead atoms. The highest BCUT2D eigenvalue weighted by molar-refractivity contribution is 5.41. The zero-order valence-electron chi connectivity index (χ0n) is 16.3. The average molecular weight is 341 g/mol. The third kappa shape index (κ3) is 5.26. The Morgan fingerprint density at radius 1 is 0.840 bits per heavy atom. The summed E-state index contributed by atoms with van der Waals surface area (Å²) >= 11 is 0. The smallest absolute Gasteiger partial charge is 0.119 e. The first-order valence-electron chi connectivity index (χ1n) is 9.27. The van der Waals surface area contributed by atoms with Gasteiger partial charge in [0.1, 0.15) is 11.5 Å². The molecule has 0 aliphatic rings. The van der Waals surface area contributed by atoms with Crippen LogP contribution in [0.1, 0.15) is 65.0 Å². The van der Waals surface area contributed by atoms with E-state index < -0.39 is 0 Å². The molecule has 0 saturated carbocycles. The van der Waals surface area contributed by atoms with Crippen molar-refractivity contribution in [2.45, 2.75) is 59.3 Å². The van der Waals surface area contributed by atoms with Crippen LogP contribution < -0.4 is 4.74 Å². The molecule has 0 atom stereocenters. The Hall–Kier alpha value is -1.96. The van der Waals surface area contributed by atoms with Crippen molar-refractivity contribution in [2.24, 2.45) is 5.41 Å². The average Bonchev–Trinajstić information content (AvgIpc) is 2.59. The van der Waals surface area contributed by atoms with E-state index in [-0.39, 0.29) is 5.41 Å². The normalized spacial score (nSPS) is 12.2. The Labute approximate surface area is 152 Å². The van der Waals surface area contributed by atoms with Crippen molar-refractivity contribution in [3.8, 4) is 11.5 Å². The summed E-state index contributed by atoms with van der Waals surface area (Å²) in [5.74, 6) is 1.23. The lowest BCUT2D eigenvalue weighted by molar-refractivity contribution is 0.251. The molecule has 0 heterocycles. The molecular weight excluding hydrogens is 308 g/mol. The molecule has 0 spiro atoms. The van der Waals surface area contributed by atoms with Gasteiger partial charge in [-0.1, -0.05) is 65.3 Å². The summed E-state index contributed by atoms with van der Waals surface area (Å²) in [7, 11) is 0. The molecule has 2 aromatic carbocycles. The quantitative estimate of drug-likeness (QED) is 0.570. The first-order chi connectivity index (χ1) is 11.7. The summed E-state index contributed by atoms with van der Waals surface area (Å²) in [4.78, 5) is 0. The fourth-order valence-corrected chi connectivity index (χ4v) is 2.93. The van der Waals surface area contributed by atoms with Gasteiger partial charge in [0.2, 0.25) is 0 Å². The van der Waals surface area contributed by atoms with Crippen LogP contribution in [0.4, 0.5) is 0 Å². The van der Waals surface area contributed by atoms with Crippen molar-refractivity contribution < 1.29 is 9.84 Å². The molecule has 0 unspecified atom stereocenters. The highest BCUT2D eigenvalue weighted by atomic mass is 16.5. The molecule has 0 aliphatic heterocycles. The zero-order valence-corrected chi connectivity index (χ0v) is 16.3. The Balaban J connectivity index is 1.96. The Morgan fingerprint density at radius 3 is 1.88 bits per heavy atom. The van der Waals surface area contributed by atoms with Crippen LogP contribution >= 0.6 is 0 Å². The monoisotopic (exact) mass is 340 g/mol. The van der Waals surface area contributed by atoms with E-state index in [0.717, 1.165) is 18.8 Å². The van der Waals surface area contributed by atoms with Crippen molar-refractivity contribution in [1.29, 1.82) is 0 Å². The number of hydrogen-bond donors (Lipinski definition) is 1. The second-order valence-corrected chi connectivity index (χ2v) is 8.17. The molecule has 1 N–H and O–H groups in total. The van der Waals surface area contributed by atoms with Crippen LogP contribution in [-0.2, 0) is 5.41 Å². The van der Waals surface area contributed by atoms with E-state index in [1.807, 2.05) is 12.1 Å². The maximum atomic E-state index is 9.48. The largest absolute Gasteiger partial charge is 0.508 e. The molecule has 0 fully saturated rings. The summed E-state index contributed by atoms with van der Waals surface area (Å²) in [6.07, 6.45) is 3.48. The number of benzene rings is 2. The Kier molecular flexibility index (Phi) is 6.16. The highest BCUT2D eigenvalue weighted by Gasteiger charge is 2.23. The standard InChI is InChI=1S/C23H32O2/c1-6-22(2,3)16-7-17-25-21-14-10-19(11-15-21)23(4,5)18-8-12-20(24)13-9-18/h8-15,24H,6-7,16-17H2,1-5H3. The number of phenols is 1. The molecular formula is C23H32O2. The second-order valence-electron chi connectivity index (χ2n) is 8.17. The van der Waals surface area contributed by atoms with Crippen LogP contribution in [0.15, 0.2) is 48.5 Å².